The standard InChI is InChI=1S/C13H18N4O2/c1-4-17(7-8-18-3)12-6-5-11(9-14-12)13-15-10(2)16-19-13/h5-6,9H,4,7-8H2,1-3H3. The summed E-state index contributed by atoms with van der Waals surface area (Å²) >= 11 is 0. The molecule has 0 aliphatic heterocycles. The molecule has 19 heavy (non-hydrogen) atoms. The molecule has 0 N–H and O–H groups in total. The Bertz CT molecular complexity index is 510. The molecule has 0 radical (unpaired) electrons. The van der Waals surface area contributed by atoms with Crippen LogP contribution >= 0.6 is 0 Å². The summed E-state index contributed by atoms with van der Waals surface area (Å²) in [5.41, 5.74) is 0.826. The summed E-state index contributed by atoms with van der Waals surface area (Å²) < 4.78 is 10.2. The molecule has 2 rings (SSSR count). The number of nitrogens with zero attached hydrogens (tertiary/aromatic N) is 4. The molecule has 0 aliphatic rings. The second-order valence-electron chi connectivity index (χ2n) is 4.12. The van der Waals surface area contributed by atoms with Crippen molar-refractivity contribution in [1.29, 1.82) is 0 Å². The Balaban J connectivity index is 2.13. The van der Waals surface area contributed by atoms with E-state index in [-0.39, 0.29) is 0 Å². The smallest absolute Gasteiger partial charge is 0.259 e. The Kier molecular flexibility index (Phi) is 4.46. The topological polar surface area (TPSA) is 64.3 Å². The number of aryl methyl sites for hydroxylation is 1. The molecule has 6 heteroatoms. The predicted octanol–water partition coefficient (Wildman–Crippen LogP) is 1.91. The largest absolute Gasteiger partial charge is 0.383 e. The summed E-state index contributed by atoms with van der Waals surface area (Å²) in [6.07, 6.45) is 1.75. The number of rotatable bonds is 6. The third kappa shape index (κ3) is 3.29. The number of methoxy groups -OCH3 is 1. The van der Waals surface area contributed by atoms with Crippen molar-refractivity contribution in [2.24, 2.45) is 0 Å². The minimum absolute atomic E-state index is 0.497. The molecule has 0 saturated carbocycles. The molecule has 0 amide bonds. The summed E-state index contributed by atoms with van der Waals surface area (Å²) in [5, 5.41) is 3.77. The number of hydrogen-bond donors (Lipinski definition) is 0. The van der Waals surface area contributed by atoms with Crippen molar-refractivity contribution < 1.29 is 9.26 Å². The van der Waals surface area contributed by atoms with Gasteiger partial charge in [0.15, 0.2) is 5.82 Å². The molecule has 0 saturated heterocycles. The highest BCUT2D eigenvalue weighted by Crippen LogP contribution is 2.19. The van der Waals surface area contributed by atoms with Crippen molar-refractivity contribution in [1.82, 2.24) is 15.1 Å². The number of likely N-dealkylation sites (N-methyl/N-ethyl adjacent to an activating group) is 1. The van der Waals surface area contributed by atoms with E-state index in [9.17, 15) is 0 Å². The first kappa shape index (κ1) is 13.5. The average Bonchev–Trinajstić information content (AvgIpc) is 2.87. The van der Waals surface area contributed by atoms with Crippen LogP contribution in [0.3, 0.4) is 0 Å². The van der Waals surface area contributed by atoms with E-state index in [2.05, 4.69) is 26.9 Å². The van der Waals surface area contributed by atoms with Gasteiger partial charge in [0.2, 0.25) is 0 Å². The van der Waals surface area contributed by atoms with Gasteiger partial charge < -0.3 is 14.2 Å². The number of ether oxygens (including phenoxy) is 1. The van der Waals surface area contributed by atoms with Gasteiger partial charge in [-0.15, -0.1) is 0 Å². The highest BCUT2D eigenvalue weighted by Gasteiger charge is 2.09. The van der Waals surface area contributed by atoms with Crippen molar-refractivity contribution in [2.75, 3.05) is 31.7 Å². The van der Waals surface area contributed by atoms with E-state index >= 15 is 0 Å². The second-order valence-corrected chi connectivity index (χ2v) is 4.12. The second kappa shape index (κ2) is 6.29. The van der Waals surface area contributed by atoms with Crippen molar-refractivity contribution >= 4 is 5.82 Å². The normalized spacial score (nSPS) is 10.7. The molecular weight excluding hydrogens is 244 g/mol. The number of aromatic nitrogens is 3. The van der Waals surface area contributed by atoms with Crippen molar-refractivity contribution in [2.45, 2.75) is 13.8 Å². The number of pyridine rings is 1. The fourth-order valence-electron chi connectivity index (χ4n) is 1.75. The zero-order chi connectivity index (χ0) is 13.7. The van der Waals surface area contributed by atoms with Gasteiger partial charge in [-0.2, -0.15) is 4.98 Å². The Morgan fingerprint density at radius 2 is 2.21 bits per heavy atom. The zero-order valence-corrected chi connectivity index (χ0v) is 11.5. The average molecular weight is 262 g/mol. The minimum Gasteiger partial charge on any atom is -0.383 e. The molecule has 0 spiro atoms. The van der Waals surface area contributed by atoms with Gasteiger partial charge in [0.25, 0.3) is 5.89 Å². The van der Waals surface area contributed by atoms with Gasteiger partial charge in [0, 0.05) is 26.4 Å². The van der Waals surface area contributed by atoms with Gasteiger partial charge in [-0.05, 0) is 26.0 Å². The van der Waals surface area contributed by atoms with Gasteiger partial charge in [-0.1, -0.05) is 5.16 Å². The molecule has 2 heterocycles. The first-order valence-corrected chi connectivity index (χ1v) is 6.25. The van der Waals surface area contributed by atoms with Crippen molar-refractivity contribution in [3.8, 4) is 11.5 Å². The van der Waals surface area contributed by atoms with E-state index in [1.54, 1.807) is 20.2 Å². The lowest BCUT2D eigenvalue weighted by Crippen LogP contribution is -2.27. The van der Waals surface area contributed by atoms with E-state index in [4.69, 9.17) is 9.26 Å². The van der Waals surface area contributed by atoms with E-state index in [1.807, 2.05) is 12.1 Å². The molecule has 0 aromatic carbocycles. The quantitative estimate of drug-likeness (QED) is 0.792. The lowest BCUT2D eigenvalue weighted by Gasteiger charge is -2.21. The lowest BCUT2D eigenvalue weighted by atomic mass is 10.2. The van der Waals surface area contributed by atoms with Gasteiger partial charge >= 0.3 is 0 Å². The first-order valence-electron chi connectivity index (χ1n) is 6.25. The molecule has 102 valence electrons. The number of anilines is 1. The molecule has 0 atom stereocenters. The Labute approximate surface area is 112 Å². The fraction of sp³-hybridized carbons (Fsp3) is 0.462. The van der Waals surface area contributed by atoms with E-state index in [0.717, 1.165) is 24.5 Å². The fourth-order valence-corrected chi connectivity index (χ4v) is 1.75. The lowest BCUT2D eigenvalue weighted by molar-refractivity contribution is 0.205. The predicted molar refractivity (Wildman–Crippen MR) is 72.0 cm³/mol. The van der Waals surface area contributed by atoms with Crippen LogP contribution in [0.5, 0.6) is 0 Å². The van der Waals surface area contributed by atoms with Crippen molar-refractivity contribution in [3.63, 3.8) is 0 Å². The summed E-state index contributed by atoms with van der Waals surface area (Å²) in [6.45, 7) is 6.26. The van der Waals surface area contributed by atoms with Crippen LogP contribution in [0.1, 0.15) is 12.7 Å². The summed E-state index contributed by atoms with van der Waals surface area (Å²) in [6, 6.07) is 3.89. The summed E-state index contributed by atoms with van der Waals surface area (Å²) in [5.74, 6) is 2.03. The summed E-state index contributed by atoms with van der Waals surface area (Å²) in [4.78, 5) is 10.8. The molecule has 0 fully saturated rings. The molecule has 2 aromatic heterocycles. The third-order valence-electron chi connectivity index (χ3n) is 2.79. The van der Waals surface area contributed by atoms with Gasteiger partial charge in [0.1, 0.15) is 5.82 Å². The SMILES string of the molecule is CCN(CCOC)c1ccc(-c2nc(C)no2)cn1. The number of hydrogen-bond acceptors (Lipinski definition) is 6. The molecular formula is C13H18N4O2. The van der Waals surface area contributed by atoms with Gasteiger partial charge in [-0.25, -0.2) is 4.98 Å². The molecule has 2 aromatic rings. The van der Waals surface area contributed by atoms with Crippen LogP contribution in [-0.2, 0) is 4.74 Å². The molecule has 0 aliphatic carbocycles. The van der Waals surface area contributed by atoms with E-state index in [0.29, 0.717) is 18.3 Å². The van der Waals surface area contributed by atoms with E-state index in [1.165, 1.54) is 0 Å². The maximum atomic E-state index is 5.11. The summed E-state index contributed by atoms with van der Waals surface area (Å²) in [7, 11) is 1.70. The molecule has 0 bridgehead atoms. The van der Waals surface area contributed by atoms with Crippen LogP contribution in [0.25, 0.3) is 11.5 Å². The maximum Gasteiger partial charge on any atom is 0.259 e. The van der Waals surface area contributed by atoms with Gasteiger partial charge in [0.05, 0.1) is 12.2 Å². The van der Waals surface area contributed by atoms with Crippen LogP contribution < -0.4 is 4.90 Å². The minimum atomic E-state index is 0.497. The third-order valence-corrected chi connectivity index (χ3v) is 2.79. The first-order chi connectivity index (χ1) is 9.24. The van der Waals surface area contributed by atoms with E-state index < -0.39 is 0 Å². The highest BCUT2D eigenvalue weighted by atomic mass is 16.5. The Morgan fingerprint density at radius 1 is 1.37 bits per heavy atom. The van der Waals surface area contributed by atoms with Crippen LogP contribution in [-0.4, -0.2) is 41.9 Å². The van der Waals surface area contributed by atoms with Crippen molar-refractivity contribution in [3.05, 3.63) is 24.2 Å². The molecule has 0 unspecified atom stereocenters. The molecule has 6 nitrogen and oxygen atoms in total. The zero-order valence-electron chi connectivity index (χ0n) is 11.5. The maximum absolute atomic E-state index is 5.11. The Morgan fingerprint density at radius 3 is 2.74 bits per heavy atom. The van der Waals surface area contributed by atoms with Crippen LogP contribution in [0.2, 0.25) is 0 Å². The van der Waals surface area contributed by atoms with Crippen LogP contribution in [0, 0.1) is 6.92 Å². The van der Waals surface area contributed by atoms with Gasteiger partial charge in [-0.3, -0.25) is 0 Å². The van der Waals surface area contributed by atoms with Crippen LogP contribution in [0.4, 0.5) is 5.82 Å². The highest BCUT2D eigenvalue weighted by molar-refractivity contribution is 5.54. The monoisotopic (exact) mass is 262 g/mol. The van der Waals surface area contributed by atoms with Crippen LogP contribution in [0.15, 0.2) is 22.9 Å². The Hall–Kier alpha value is -1.95.